The van der Waals surface area contributed by atoms with Crippen LogP contribution in [0.1, 0.15) is 21.9 Å². The molecule has 10 heteroatoms. The van der Waals surface area contributed by atoms with E-state index in [0.29, 0.717) is 11.5 Å². The van der Waals surface area contributed by atoms with Gasteiger partial charge in [-0.3, -0.25) is 9.48 Å². The molecule has 5 aromatic rings. The largest absolute Gasteiger partial charge is 0.486 e. The molecule has 6 nitrogen and oxygen atoms in total. The summed E-state index contributed by atoms with van der Waals surface area (Å²) in [5, 5.41) is 8.56. The van der Waals surface area contributed by atoms with E-state index < -0.39 is 41.3 Å². The van der Waals surface area contributed by atoms with Crippen molar-refractivity contribution in [2.24, 2.45) is 0 Å². The van der Waals surface area contributed by atoms with Crippen molar-refractivity contribution in [3.63, 3.8) is 0 Å². The van der Waals surface area contributed by atoms with Gasteiger partial charge in [0.2, 0.25) is 0 Å². The molecule has 1 N–H and O–H groups in total. The number of furan rings is 1. The number of halogens is 4. The van der Waals surface area contributed by atoms with Gasteiger partial charge in [0, 0.05) is 18.3 Å². The zero-order chi connectivity index (χ0) is 25.2. The number of amides is 1. The summed E-state index contributed by atoms with van der Waals surface area (Å²) < 4.78 is 66.9. The third-order valence-corrected chi connectivity index (χ3v) is 5.39. The average molecular weight is 495 g/mol. The number of benzene rings is 3. The van der Waals surface area contributed by atoms with Crippen LogP contribution in [0.15, 0.2) is 77.3 Å². The van der Waals surface area contributed by atoms with Crippen molar-refractivity contribution < 1.29 is 31.5 Å². The first-order valence-electron chi connectivity index (χ1n) is 10.7. The van der Waals surface area contributed by atoms with Crippen molar-refractivity contribution in [2.45, 2.75) is 13.2 Å². The van der Waals surface area contributed by atoms with Crippen LogP contribution in [-0.2, 0) is 13.2 Å². The van der Waals surface area contributed by atoms with Crippen LogP contribution < -0.4 is 10.1 Å². The Hall–Kier alpha value is -4.60. The minimum atomic E-state index is -1.51. The van der Waals surface area contributed by atoms with Crippen LogP contribution >= 0.6 is 0 Å². The molecule has 0 saturated heterocycles. The quantitative estimate of drug-likeness (QED) is 0.220. The summed E-state index contributed by atoms with van der Waals surface area (Å²) in [5.41, 5.74) is -0.824. The van der Waals surface area contributed by atoms with E-state index in [1.54, 1.807) is 6.07 Å². The fourth-order valence-electron chi connectivity index (χ4n) is 3.61. The van der Waals surface area contributed by atoms with Gasteiger partial charge < -0.3 is 14.5 Å². The SMILES string of the molecule is O=C(Nc1ccn(Cc2c(F)c(F)cc(F)c2F)n1)c1ccc(COc2ccc3ccccc3c2)o1. The molecule has 0 radical (unpaired) electrons. The standard InChI is InChI=1S/C26H17F4N3O3/c27-20-12-21(28)25(30)19(24(20)29)13-33-10-9-23(32-33)31-26(34)22-8-7-18(36-22)14-35-17-6-5-15-3-1-2-4-16(15)11-17/h1-12H,13-14H2,(H,31,32,34). The lowest BCUT2D eigenvalue weighted by Gasteiger charge is -2.07. The smallest absolute Gasteiger partial charge is 0.292 e. The molecule has 0 aliphatic carbocycles. The van der Waals surface area contributed by atoms with Crippen LogP contribution in [0.4, 0.5) is 23.4 Å². The number of anilines is 1. The summed E-state index contributed by atoms with van der Waals surface area (Å²) in [4.78, 5) is 12.5. The molecular formula is C26H17F4N3O3. The van der Waals surface area contributed by atoms with Crippen molar-refractivity contribution in [3.05, 3.63) is 113 Å². The number of hydrogen-bond donors (Lipinski definition) is 1. The summed E-state index contributed by atoms with van der Waals surface area (Å²) in [5.74, 6) is -5.57. The van der Waals surface area contributed by atoms with Gasteiger partial charge in [-0.1, -0.05) is 30.3 Å². The third-order valence-electron chi connectivity index (χ3n) is 5.39. The zero-order valence-electron chi connectivity index (χ0n) is 18.5. The third kappa shape index (κ3) is 4.78. The highest BCUT2D eigenvalue weighted by Crippen LogP contribution is 2.23. The average Bonchev–Trinajstić information content (AvgIpc) is 3.53. The van der Waals surface area contributed by atoms with E-state index in [1.807, 2.05) is 42.5 Å². The van der Waals surface area contributed by atoms with Gasteiger partial charge in [-0.05, 0) is 35.0 Å². The Bertz CT molecular complexity index is 1550. The maximum Gasteiger partial charge on any atom is 0.292 e. The Morgan fingerprint density at radius 2 is 1.67 bits per heavy atom. The second kappa shape index (κ2) is 9.57. The Kier molecular flexibility index (Phi) is 6.16. The van der Waals surface area contributed by atoms with Gasteiger partial charge in [-0.25, -0.2) is 17.6 Å². The predicted octanol–water partition coefficient (Wildman–Crippen LogP) is 6.07. The van der Waals surface area contributed by atoms with E-state index in [1.165, 1.54) is 18.3 Å². The molecule has 0 fully saturated rings. The number of carbonyl (C=O) groups excluding carboxylic acids is 1. The highest BCUT2D eigenvalue weighted by atomic mass is 19.2. The Morgan fingerprint density at radius 1 is 0.917 bits per heavy atom. The fraction of sp³-hybridized carbons (Fsp3) is 0.0769. The molecule has 2 aromatic heterocycles. The van der Waals surface area contributed by atoms with Crippen molar-refractivity contribution >= 4 is 22.5 Å². The van der Waals surface area contributed by atoms with Gasteiger partial charge in [0.15, 0.2) is 34.8 Å². The first kappa shape index (κ1) is 23.2. The van der Waals surface area contributed by atoms with Crippen LogP contribution in [0, 0.1) is 23.3 Å². The molecule has 0 bridgehead atoms. The highest BCUT2D eigenvalue weighted by molar-refractivity contribution is 6.01. The topological polar surface area (TPSA) is 69.3 Å². The molecule has 0 spiro atoms. The molecule has 0 unspecified atom stereocenters. The van der Waals surface area contributed by atoms with Gasteiger partial charge >= 0.3 is 0 Å². The lowest BCUT2D eigenvalue weighted by atomic mass is 10.1. The van der Waals surface area contributed by atoms with Crippen LogP contribution in [-0.4, -0.2) is 15.7 Å². The molecule has 182 valence electrons. The van der Waals surface area contributed by atoms with Crippen molar-refractivity contribution in [1.82, 2.24) is 9.78 Å². The maximum atomic E-state index is 13.9. The molecule has 36 heavy (non-hydrogen) atoms. The monoisotopic (exact) mass is 495 g/mol. The van der Waals surface area contributed by atoms with Crippen LogP contribution in [0.25, 0.3) is 10.8 Å². The van der Waals surface area contributed by atoms with Crippen molar-refractivity contribution in [3.8, 4) is 5.75 Å². The Balaban J connectivity index is 1.21. The summed E-state index contributed by atoms with van der Waals surface area (Å²) in [7, 11) is 0. The lowest BCUT2D eigenvalue weighted by Crippen LogP contribution is -2.13. The summed E-state index contributed by atoms with van der Waals surface area (Å²) in [6.45, 7) is -0.485. The number of ether oxygens (including phenoxy) is 1. The number of rotatable bonds is 7. The fourth-order valence-corrected chi connectivity index (χ4v) is 3.61. The lowest BCUT2D eigenvalue weighted by molar-refractivity contribution is 0.0992. The van der Waals surface area contributed by atoms with E-state index in [-0.39, 0.29) is 24.3 Å². The van der Waals surface area contributed by atoms with E-state index in [4.69, 9.17) is 9.15 Å². The minimum absolute atomic E-state index is 0.00838. The molecular weight excluding hydrogens is 478 g/mol. The molecule has 2 heterocycles. The number of nitrogens with one attached hydrogen (secondary N) is 1. The number of fused-ring (bicyclic) bond motifs is 1. The number of aromatic nitrogens is 2. The van der Waals surface area contributed by atoms with Gasteiger partial charge in [-0.2, -0.15) is 5.10 Å². The number of carbonyl (C=O) groups is 1. The molecule has 3 aromatic carbocycles. The van der Waals surface area contributed by atoms with Crippen LogP contribution in [0.5, 0.6) is 5.75 Å². The van der Waals surface area contributed by atoms with E-state index >= 15 is 0 Å². The molecule has 0 saturated carbocycles. The number of hydrogen-bond acceptors (Lipinski definition) is 4. The molecule has 0 aliphatic rings. The van der Waals surface area contributed by atoms with Gasteiger partial charge in [0.1, 0.15) is 18.1 Å². The first-order valence-corrected chi connectivity index (χ1v) is 10.7. The van der Waals surface area contributed by atoms with Crippen molar-refractivity contribution in [1.29, 1.82) is 0 Å². The van der Waals surface area contributed by atoms with Gasteiger partial charge in [0.05, 0.1) is 12.1 Å². The molecule has 0 atom stereocenters. The zero-order valence-corrected chi connectivity index (χ0v) is 18.5. The normalized spacial score (nSPS) is 11.1. The van der Waals surface area contributed by atoms with Gasteiger partial charge in [0.25, 0.3) is 5.91 Å². The van der Waals surface area contributed by atoms with Crippen LogP contribution in [0.3, 0.4) is 0 Å². The second-order valence-corrected chi connectivity index (χ2v) is 7.86. The molecule has 1 amide bonds. The minimum Gasteiger partial charge on any atom is -0.486 e. The van der Waals surface area contributed by atoms with Gasteiger partial charge in [-0.15, -0.1) is 0 Å². The first-order chi connectivity index (χ1) is 17.4. The maximum absolute atomic E-state index is 13.9. The second-order valence-electron chi connectivity index (χ2n) is 7.86. The van der Waals surface area contributed by atoms with Crippen LogP contribution in [0.2, 0.25) is 0 Å². The summed E-state index contributed by atoms with van der Waals surface area (Å²) in [6.07, 6.45) is 1.29. The Labute approximate surface area is 201 Å². The van der Waals surface area contributed by atoms with Crippen molar-refractivity contribution in [2.75, 3.05) is 5.32 Å². The number of nitrogens with zero attached hydrogens (tertiary/aromatic N) is 2. The van der Waals surface area contributed by atoms with E-state index in [9.17, 15) is 22.4 Å². The van der Waals surface area contributed by atoms with E-state index in [2.05, 4.69) is 10.4 Å². The molecule has 0 aliphatic heterocycles. The predicted molar refractivity (Wildman–Crippen MR) is 123 cm³/mol. The summed E-state index contributed by atoms with van der Waals surface area (Å²) in [6, 6.07) is 18.1. The Morgan fingerprint density at radius 3 is 2.44 bits per heavy atom. The highest BCUT2D eigenvalue weighted by Gasteiger charge is 2.20. The summed E-state index contributed by atoms with van der Waals surface area (Å²) >= 11 is 0. The van der Waals surface area contributed by atoms with E-state index in [0.717, 1.165) is 15.5 Å². The molecule has 5 rings (SSSR count).